The molecule has 0 radical (unpaired) electrons. The predicted molar refractivity (Wildman–Crippen MR) is 222 cm³/mol. The van der Waals surface area contributed by atoms with Crippen LogP contribution in [-0.2, 0) is 33.9 Å². The summed E-state index contributed by atoms with van der Waals surface area (Å²) in [6.07, 6.45) is 5.91. The summed E-state index contributed by atoms with van der Waals surface area (Å²) < 4.78 is 73.9. The first-order valence-electron chi connectivity index (χ1n) is 21.2. The fourth-order valence-corrected chi connectivity index (χ4v) is 9.88. The van der Waals surface area contributed by atoms with Crippen LogP contribution in [0.2, 0.25) is 0 Å². The number of nitrogens with zero attached hydrogens (tertiary/aromatic N) is 3. The van der Waals surface area contributed by atoms with Crippen molar-refractivity contribution in [2.45, 2.75) is 126 Å². The first kappa shape index (κ1) is 44.5. The Bertz CT molecular complexity index is 2170. The molecule has 4 heterocycles. The number of rotatable bonds is 9. The number of carbonyl (C=O) groups excluding carboxylic acids is 4. The summed E-state index contributed by atoms with van der Waals surface area (Å²) in [5, 5.41) is 7.03. The molecule has 0 unspecified atom stereocenters. The van der Waals surface area contributed by atoms with E-state index in [1.54, 1.807) is 20.0 Å². The number of amides is 4. The molecule has 4 fully saturated rings. The van der Waals surface area contributed by atoms with Gasteiger partial charge < -0.3 is 34.6 Å². The smallest absolute Gasteiger partial charge is 0.408 e. The largest absolute Gasteiger partial charge is 0.472 e. The Morgan fingerprint density at radius 3 is 2.46 bits per heavy atom. The number of morpholine rings is 1. The SMILES string of the molecule is C[C@@H]1CC/C=C\[C@@H]2C[C@@]2(C(=O)NS(=O)(=O)C2(C)CC2)NC(=O)[C@@H]2C[C@@H](Oc3nccc4c(N5CCOCC5)cccc34)CN2C(=O)[C@@H](NC(=O)OC(C)(C)C(C)(F)F)[C@H](C)C1. The average molecular weight is 873 g/mol. The molecular weight excluding hydrogens is 815 g/mol. The van der Waals surface area contributed by atoms with Gasteiger partial charge in [0.2, 0.25) is 27.7 Å². The molecule has 15 nitrogen and oxygen atoms in total. The molecule has 7 atom stereocenters. The number of alkyl carbamates (subject to hydrolysis) is 1. The minimum Gasteiger partial charge on any atom is -0.472 e. The second-order valence-corrected chi connectivity index (χ2v) is 20.7. The van der Waals surface area contributed by atoms with Gasteiger partial charge in [-0.05, 0) is 89.3 Å². The van der Waals surface area contributed by atoms with Crippen molar-refractivity contribution >= 4 is 50.3 Å². The minimum absolute atomic E-state index is 0.0241. The summed E-state index contributed by atoms with van der Waals surface area (Å²) in [7, 11) is -4.06. The van der Waals surface area contributed by atoms with Gasteiger partial charge in [0.25, 0.3) is 11.8 Å². The van der Waals surface area contributed by atoms with Crippen molar-refractivity contribution in [3.63, 3.8) is 0 Å². The highest BCUT2D eigenvalue weighted by Gasteiger charge is 2.63. The Labute approximate surface area is 355 Å². The van der Waals surface area contributed by atoms with E-state index >= 15 is 0 Å². The molecule has 5 aliphatic rings. The highest BCUT2D eigenvalue weighted by atomic mass is 32.2. The van der Waals surface area contributed by atoms with Crippen LogP contribution in [0.4, 0.5) is 19.3 Å². The van der Waals surface area contributed by atoms with E-state index in [0.29, 0.717) is 70.7 Å². The van der Waals surface area contributed by atoms with Gasteiger partial charge in [0.05, 0.1) is 24.5 Å². The van der Waals surface area contributed by atoms with E-state index in [1.807, 2.05) is 43.3 Å². The van der Waals surface area contributed by atoms with E-state index in [4.69, 9.17) is 14.2 Å². The summed E-state index contributed by atoms with van der Waals surface area (Å²) in [6, 6.07) is 5.12. The molecular formula is C43H58F2N6O9S. The van der Waals surface area contributed by atoms with Crippen molar-refractivity contribution in [1.29, 1.82) is 0 Å². The molecule has 18 heteroatoms. The van der Waals surface area contributed by atoms with Crippen molar-refractivity contribution < 1.29 is 50.6 Å². The van der Waals surface area contributed by atoms with Gasteiger partial charge in [-0.3, -0.25) is 19.1 Å². The van der Waals surface area contributed by atoms with Crippen molar-refractivity contribution in [1.82, 2.24) is 25.2 Å². The van der Waals surface area contributed by atoms with Gasteiger partial charge in [0, 0.05) is 55.0 Å². The molecule has 61 heavy (non-hydrogen) atoms. The number of fused-ring (bicyclic) bond motifs is 3. The van der Waals surface area contributed by atoms with Crippen LogP contribution in [0.5, 0.6) is 5.88 Å². The summed E-state index contributed by atoms with van der Waals surface area (Å²) in [4.78, 5) is 65.0. The summed E-state index contributed by atoms with van der Waals surface area (Å²) >= 11 is 0. The maximum atomic E-state index is 14.9. The average Bonchev–Trinajstić information content (AvgIpc) is 4.08. The van der Waals surface area contributed by atoms with Crippen molar-refractivity contribution in [3.05, 3.63) is 42.6 Å². The third kappa shape index (κ3) is 9.16. The normalized spacial score (nSPS) is 30.2. The van der Waals surface area contributed by atoms with Crippen LogP contribution in [-0.4, -0.2) is 115 Å². The number of anilines is 1. The van der Waals surface area contributed by atoms with Crippen LogP contribution in [0.25, 0.3) is 10.8 Å². The zero-order valence-electron chi connectivity index (χ0n) is 35.7. The Morgan fingerprint density at radius 1 is 1.05 bits per heavy atom. The molecule has 4 amide bonds. The molecule has 7 rings (SSSR count). The van der Waals surface area contributed by atoms with Gasteiger partial charge in [0.15, 0.2) is 5.60 Å². The zero-order valence-corrected chi connectivity index (χ0v) is 36.5. The Kier molecular flexibility index (Phi) is 12.1. The first-order chi connectivity index (χ1) is 28.6. The van der Waals surface area contributed by atoms with E-state index in [-0.39, 0.29) is 31.2 Å². The lowest BCUT2D eigenvalue weighted by Gasteiger charge is -2.35. The van der Waals surface area contributed by atoms with E-state index in [0.717, 1.165) is 24.9 Å². The van der Waals surface area contributed by atoms with Gasteiger partial charge in [-0.1, -0.05) is 32.1 Å². The second-order valence-electron chi connectivity index (χ2n) is 18.5. The lowest BCUT2D eigenvalue weighted by Crippen LogP contribution is -2.59. The van der Waals surface area contributed by atoms with E-state index in [2.05, 4.69) is 25.2 Å². The molecule has 334 valence electrons. The maximum absolute atomic E-state index is 14.9. The number of pyridine rings is 1. The highest BCUT2D eigenvalue weighted by molar-refractivity contribution is 7.91. The number of halogens is 2. The number of hydrogen-bond donors (Lipinski definition) is 3. The van der Waals surface area contributed by atoms with Gasteiger partial charge in [-0.15, -0.1) is 0 Å². The fraction of sp³-hybridized carbons (Fsp3) is 0.651. The lowest BCUT2D eigenvalue weighted by atomic mass is 9.88. The number of ether oxygens (including phenoxy) is 3. The van der Waals surface area contributed by atoms with Gasteiger partial charge in [0.1, 0.15) is 23.7 Å². The summed E-state index contributed by atoms with van der Waals surface area (Å²) in [5.74, 6) is -6.42. The number of allylic oxidation sites excluding steroid dienone is 1. The van der Waals surface area contributed by atoms with Gasteiger partial charge in [-0.25, -0.2) is 27.0 Å². The Balaban J connectivity index is 1.22. The number of carbonyl (C=O) groups is 4. The number of nitrogens with one attached hydrogen (secondary N) is 3. The molecule has 0 spiro atoms. The minimum atomic E-state index is -4.06. The molecule has 2 saturated carbocycles. The van der Waals surface area contributed by atoms with Gasteiger partial charge in [-0.2, -0.15) is 0 Å². The molecule has 2 aliphatic carbocycles. The molecule has 1 aromatic carbocycles. The molecule has 0 bridgehead atoms. The number of aromatic nitrogens is 1. The zero-order chi connectivity index (χ0) is 44.1. The quantitative estimate of drug-likeness (QED) is 0.293. The van der Waals surface area contributed by atoms with Crippen LogP contribution in [0.15, 0.2) is 42.6 Å². The Morgan fingerprint density at radius 2 is 1.77 bits per heavy atom. The number of sulfonamides is 1. The fourth-order valence-electron chi connectivity index (χ4n) is 8.57. The second kappa shape index (κ2) is 16.6. The van der Waals surface area contributed by atoms with Crippen LogP contribution in [0.3, 0.4) is 0 Å². The third-order valence-corrected chi connectivity index (χ3v) is 15.5. The van der Waals surface area contributed by atoms with E-state index in [9.17, 15) is 36.4 Å². The van der Waals surface area contributed by atoms with Crippen molar-refractivity contribution in [3.8, 4) is 5.88 Å². The summed E-state index contributed by atoms with van der Waals surface area (Å²) in [5.41, 5.74) is -2.85. The van der Waals surface area contributed by atoms with Crippen molar-refractivity contribution in [2.24, 2.45) is 17.8 Å². The molecule has 2 aromatic rings. The Hall–Kier alpha value is -4.58. The third-order valence-electron chi connectivity index (χ3n) is 13.3. The number of benzene rings is 1. The van der Waals surface area contributed by atoms with Crippen LogP contribution >= 0.6 is 0 Å². The number of alkyl halides is 2. The molecule has 2 saturated heterocycles. The molecule has 3 N–H and O–H groups in total. The standard InChI is InChI=1S/C43H58F2N6O9S/c1-26-10-7-8-11-28-24-43(28,38(54)49-61(56,57)41(5)15-16-41)48-35(52)33-23-29(59-36-31-12-9-13-32(30(31)14-17-46-36)50-18-20-58-21-19-50)25-51(33)37(53)34(27(2)22-26)47-39(55)60-40(3,4)42(6,44)45/h8-9,11-14,17,26-29,33-34H,7,10,15-16,18-25H2,1-6H3,(H,47,55)(H,48,52)(H,49,54)/b11-8-/t26-,27-,28-,29-,33+,34+,43-/m1/s1. The van der Waals surface area contributed by atoms with Crippen LogP contribution in [0, 0.1) is 17.8 Å². The monoisotopic (exact) mass is 872 g/mol. The highest BCUT2D eigenvalue weighted by Crippen LogP contribution is 2.48. The molecule has 3 aliphatic heterocycles. The maximum Gasteiger partial charge on any atom is 0.408 e. The predicted octanol–water partition coefficient (Wildman–Crippen LogP) is 4.83. The number of hydrogen-bond acceptors (Lipinski definition) is 11. The van der Waals surface area contributed by atoms with E-state index in [1.165, 1.54) is 4.90 Å². The van der Waals surface area contributed by atoms with Crippen LogP contribution in [0.1, 0.15) is 86.5 Å². The topological polar surface area (TPSA) is 186 Å². The van der Waals surface area contributed by atoms with Crippen molar-refractivity contribution in [2.75, 3.05) is 37.7 Å². The van der Waals surface area contributed by atoms with Crippen LogP contribution < -0.4 is 25.0 Å². The van der Waals surface area contributed by atoms with E-state index < -0.39 is 85.7 Å². The first-order valence-corrected chi connectivity index (χ1v) is 22.7. The molecule has 1 aromatic heterocycles. The van der Waals surface area contributed by atoms with Gasteiger partial charge >= 0.3 is 6.09 Å². The lowest BCUT2D eigenvalue weighted by molar-refractivity contribution is -0.152. The summed E-state index contributed by atoms with van der Waals surface area (Å²) in [6.45, 7) is 10.6.